The Morgan fingerprint density at radius 3 is 2.46 bits per heavy atom. The van der Waals surface area contributed by atoms with E-state index in [4.69, 9.17) is 0 Å². The van der Waals surface area contributed by atoms with Crippen molar-refractivity contribution in [1.29, 1.82) is 0 Å². The van der Waals surface area contributed by atoms with E-state index < -0.39 is 0 Å². The summed E-state index contributed by atoms with van der Waals surface area (Å²) in [6.45, 7) is 1.69. The third-order valence-corrected chi connectivity index (χ3v) is 2.82. The maximum atomic E-state index is 11.1. The van der Waals surface area contributed by atoms with Gasteiger partial charge in [-0.2, -0.15) is 0 Å². The molecule has 1 unspecified atom stereocenters. The second-order valence-corrected chi connectivity index (χ2v) is 3.97. The fraction of sp³-hybridized carbons (Fsp3) is 0.364. The standard InChI is InChI=1S/C11H13BO/c1-7(13)10-6-11(10)8-2-4-9(12)5-3-8/h2-5,10-11H,6,12H2,1H3/t10-,11?/m0/s1. The van der Waals surface area contributed by atoms with E-state index in [1.54, 1.807) is 6.92 Å². The Morgan fingerprint density at radius 2 is 2.00 bits per heavy atom. The minimum Gasteiger partial charge on any atom is -0.300 e. The van der Waals surface area contributed by atoms with Gasteiger partial charge in [0, 0.05) is 5.92 Å². The molecule has 2 atom stereocenters. The molecule has 1 nitrogen and oxygen atoms in total. The van der Waals surface area contributed by atoms with Crippen LogP contribution in [-0.4, -0.2) is 13.6 Å². The number of rotatable bonds is 2. The molecule has 1 fully saturated rings. The first-order valence-corrected chi connectivity index (χ1v) is 4.75. The van der Waals surface area contributed by atoms with E-state index in [9.17, 15) is 4.79 Å². The summed E-state index contributed by atoms with van der Waals surface area (Å²) in [5, 5.41) is 0. The zero-order chi connectivity index (χ0) is 9.42. The molecule has 1 aliphatic rings. The molecule has 1 aromatic carbocycles. The van der Waals surface area contributed by atoms with Gasteiger partial charge < -0.3 is 0 Å². The maximum absolute atomic E-state index is 11.1. The van der Waals surface area contributed by atoms with Crippen LogP contribution >= 0.6 is 0 Å². The second-order valence-electron chi connectivity index (χ2n) is 3.97. The molecular formula is C11H13BO. The number of carbonyl (C=O) groups is 1. The molecule has 0 spiro atoms. The maximum Gasteiger partial charge on any atom is 0.139 e. The van der Waals surface area contributed by atoms with Gasteiger partial charge in [0.05, 0.1) is 0 Å². The van der Waals surface area contributed by atoms with Crippen molar-refractivity contribution in [1.82, 2.24) is 0 Å². The van der Waals surface area contributed by atoms with Crippen LogP contribution in [0.2, 0.25) is 0 Å². The molecule has 2 rings (SSSR count). The SMILES string of the molecule is Bc1ccc(C2C[C@H]2C(C)=O)cc1. The van der Waals surface area contributed by atoms with Crippen molar-refractivity contribution < 1.29 is 4.79 Å². The second kappa shape index (κ2) is 3.02. The van der Waals surface area contributed by atoms with E-state index >= 15 is 0 Å². The van der Waals surface area contributed by atoms with E-state index in [2.05, 4.69) is 32.1 Å². The predicted molar refractivity (Wildman–Crippen MR) is 56.1 cm³/mol. The van der Waals surface area contributed by atoms with Crippen molar-refractivity contribution in [2.45, 2.75) is 19.3 Å². The molecule has 0 heterocycles. The summed E-state index contributed by atoms with van der Waals surface area (Å²) in [6.07, 6.45) is 1.05. The van der Waals surface area contributed by atoms with Gasteiger partial charge in [-0.15, -0.1) is 0 Å². The van der Waals surface area contributed by atoms with E-state index in [1.807, 2.05) is 0 Å². The van der Waals surface area contributed by atoms with Crippen LogP contribution in [0.25, 0.3) is 0 Å². The fourth-order valence-corrected chi connectivity index (χ4v) is 1.83. The topological polar surface area (TPSA) is 17.1 Å². The molecule has 1 aromatic rings. The van der Waals surface area contributed by atoms with Crippen molar-refractivity contribution in [2.75, 3.05) is 0 Å². The van der Waals surface area contributed by atoms with Crippen molar-refractivity contribution in [3.8, 4) is 0 Å². The summed E-state index contributed by atoms with van der Waals surface area (Å²) >= 11 is 0. The first kappa shape index (κ1) is 8.55. The molecule has 66 valence electrons. The Morgan fingerprint density at radius 1 is 1.38 bits per heavy atom. The van der Waals surface area contributed by atoms with Gasteiger partial charge in [-0.25, -0.2) is 0 Å². The predicted octanol–water partition coefficient (Wildman–Crippen LogP) is 0.637. The Kier molecular flexibility index (Phi) is 1.99. The highest BCUT2D eigenvalue weighted by Crippen LogP contribution is 2.47. The van der Waals surface area contributed by atoms with Crippen LogP contribution in [0.5, 0.6) is 0 Å². The number of hydrogen-bond acceptors (Lipinski definition) is 1. The van der Waals surface area contributed by atoms with Crippen LogP contribution in [-0.2, 0) is 4.79 Å². The first-order valence-electron chi connectivity index (χ1n) is 4.75. The summed E-state index contributed by atoms with van der Waals surface area (Å²) < 4.78 is 0. The first-order chi connectivity index (χ1) is 6.18. The van der Waals surface area contributed by atoms with Gasteiger partial charge >= 0.3 is 0 Å². The van der Waals surface area contributed by atoms with E-state index in [0.29, 0.717) is 17.6 Å². The Bertz CT molecular complexity index is 328. The Labute approximate surface area is 79.6 Å². The summed E-state index contributed by atoms with van der Waals surface area (Å²) in [4.78, 5) is 11.1. The number of Topliss-reactive ketones (excluding diaryl/α,β-unsaturated/α-hetero) is 1. The third kappa shape index (κ3) is 1.67. The van der Waals surface area contributed by atoms with Gasteiger partial charge in [-0.05, 0) is 24.8 Å². The zero-order valence-electron chi connectivity index (χ0n) is 8.08. The third-order valence-electron chi connectivity index (χ3n) is 2.82. The summed E-state index contributed by atoms with van der Waals surface area (Å²) in [5.41, 5.74) is 2.61. The van der Waals surface area contributed by atoms with Gasteiger partial charge in [-0.1, -0.05) is 29.7 Å². The van der Waals surface area contributed by atoms with Gasteiger partial charge in [-0.3, -0.25) is 4.79 Å². The fourth-order valence-electron chi connectivity index (χ4n) is 1.83. The number of benzene rings is 1. The molecule has 0 amide bonds. The largest absolute Gasteiger partial charge is 0.300 e. The molecule has 2 heteroatoms. The lowest BCUT2D eigenvalue weighted by Crippen LogP contribution is -2.01. The van der Waals surface area contributed by atoms with Gasteiger partial charge in [0.2, 0.25) is 0 Å². The average molecular weight is 172 g/mol. The van der Waals surface area contributed by atoms with E-state index in [-0.39, 0.29) is 0 Å². The molecular weight excluding hydrogens is 159 g/mol. The monoisotopic (exact) mass is 172 g/mol. The van der Waals surface area contributed by atoms with Crippen LogP contribution < -0.4 is 5.46 Å². The molecule has 1 saturated carbocycles. The van der Waals surface area contributed by atoms with E-state index in [0.717, 1.165) is 6.42 Å². The molecule has 0 N–H and O–H groups in total. The Hall–Kier alpha value is -1.05. The molecule has 0 radical (unpaired) electrons. The number of carbonyl (C=O) groups excluding carboxylic acids is 1. The normalized spacial score (nSPS) is 25.6. The van der Waals surface area contributed by atoms with Crippen LogP contribution in [0, 0.1) is 5.92 Å². The van der Waals surface area contributed by atoms with Crippen LogP contribution in [0.15, 0.2) is 24.3 Å². The highest BCUT2D eigenvalue weighted by Gasteiger charge is 2.41. The lowest BCUT2D eigenvalue weighted by Gasteiger charge is -1.98. The van der Waals surface area contributed by atoms with Crippen LogP contribution in [0.1, 0.15) is 24.8 Å². The van der Waals surface area contributed by atoms with E-state index in [1.165, 1.54) is 11.0 Å². The van der Waals surface area contributed by atoms with Crippen molar-refractivity contribution in [3.05, 3.63) is 29.8 Å². The quantitative estimate of drug-likeness (QED) is 0.598. The number of hydrogen-bond donors (Lipinski definition) is 0. The molecule has 1 aliphatic carbocycles. The molecule has 13 heavy (non-hydrogen) atoms. The van der Waals surface area contributed by atoms with Crippen molar-refractivity contribution in [3.63, 3.8) is 0 Å². The van der Waals surface area contributed by atoms with Gasteiger partial charge in [0.25, 0.3) is 0 Å². The minimum absolute atomic E-state index is 0.308. The number of ketones is 1. The average Bonchev–Trinajstić information content (AvgIpc) is 2.85. The zero-order valence-corrected chi connectivity index (χ0v) is 8.08. The Balaban J connectivity index is 2.12. The smallest absolute Gasteiger partial charge is 0.139 e. The molecule has 0 aliphatic heterocycles. The van der Waals surface area contributed by atoms with Crippen LogP contribution in [0.3, 0.4) is 0 Å². The van der Waals surface area contributed by atoms with Gasteiger partial charge in [0.15, 0.2) is 0 Å². The summed E-state index contributed by atoms with van der Waals surface area (Å²) in [6, 6.07) is 8.52. The highest BCUT2D eigenvalue weighted by atomic mass is 16.1. The molecule has 0 saturated heterocycles. The van der Waals surface area contributed by atoms with Crippen molar-refractivity contribution in [2.24, 2.45) is 5.92 Å². The highest BCUT2D eigenvalue weighted by molar-refractivity contribution is 6.32. The summed E-state index contributed by atoms with van der Waals surface area (Å²) in [7, 11) is 2.08. The lowest BCUT2D eigenvalue weighted by atomic mass is 9.94. The lowest BCUT2D eigenvalue weighted by molar-refractivity contribution is -0.118. The summed E-state index contributed by atoms with van der Waals surface area (Å²) in [5.74, 6) is 1.16. The minimum atomic E-state index is 0.308. The van der Waals surface area contributed by atoms with Crippen LogP contribution in [0.4, 0.5) is 0 Å². The molecule has 0 bridgehead atoms. The van der Waals surface area contributed by atoms with Crippen molar-refractivity contribution >= 4 is 19.1 Å². The van der Waals surface area contributed by atoms with Gasteiger partial charge in [0.1, 0.15) is 13.6 Å². The molecule has 0 aromatic heterocycles.